The summed E-state index contributed by atoms with van der Waals surface area (Å²) in [6, 6.07) is 8.76. The van der Waals surface area contributed by atoms with Gasteiger partial charge in [-0.3, -0.25) is 0 Å². The second kappa shape index (κ2) is 4.76. The molecule has 1 aromatic rings. The molecule has 1 aliphatic heterocycles. The minimum absolute atomic E-state index is 0.208. The van der Waals surface area contributed by atoms with Crippen LogP contribution in [-0.2, 0) is 4.74 Å². The van der Waals surface area contributed by atoms with Crippen LogP contribution in [0.2, 0.25) is 0 Å². The van der Waals surface area contributed by atoms with Gasteiger partial charge in [-0.25, -0.2) is 0 Å². The van der Waals surface area contributed by atoms with Crippen molar-refractivity contribution in [2.75, 3.05) is 6.61 Å². The van der Waals surface area contributed by atoms with Gasteiger partial charge < -0.3 is 4.74 Å². The standard InChI is InChI=1S/C12H18OSi/c1-10-6-2-3-7-11(10)14-12-8-4-5-9-13-12/h2-3,6-7,12H,4-5,8-9,14H2,1H3. The third-order valence-corrected chi connectivity index (χ3v) is 5.32. The lowest BCUT2D eigenvalue weighted by Gasteiger charge is -2.22. The molecule has 0 radical (unpaired) electrons. The summed E-state index contributed by atoms with van der Waals surface area (Å²) in [5, 5.41) is 1.58. The largest absolute Gasteiger partial charge is 0.382 e. The van der Waals surface area contributed by atoms with Gasteiger partial charge in [0.25, 0.3) is 0 Å². The predicted molar refractivity (Wildman–Crippen MR) is 62.9 cm³/mol. The number of hydrogen-bond acceptors (Lipinski definition) is 1. The van der Waals surface area contributed by atoms with Crippen molar-refractivity contribution >= 4 is 14.7 Å². The van der Waals surface area contributed by atoms with E-state index in [1.165, 1.54) is 24.8 Å². The predicted octanol–water partition coefficient (Wildman–Crippen LogP) is 1.32. The Balaban J connectivity index is 1.99. The zero-order chi connectivity index (χ0) is 9.80. The van der Waals surface area contributed by atoms with E-state index in [1.807, 2.05) is 0 Å². The molecule has 14 heavy (non-hydrogen) atoms. The number of rotatable bonds is 2. The Labute approximate surface area is 88.3 Å². The van der Waals surface area contributed by atoms with Crippen molar-refractivity contribution in [3.63, 3.8) is 0 Å². The van der Waals surface area contributed by atoms with Crippen molar-refractivity contribution in [3.05, 3.63) is 29.8 Å². The number of aryl methyl sites for hydroxylation is 1. The molecule has 1 fully saturated rings. The van der Waals surface area contributed by atoms with E-state index in [-0.39, 0.29) is 9.52 Å². The van der Waals surface area contributed by atoms with Crippen LogP contribution in [0.15, 0.2) is 24.3 Å². The van der Waals surface area contributed by atoms with Crippen molar-refractivity contribution in [2.24, 2.45) is 0 Å². The first-order valence-electron chi connectivity index (χ1n) is 5.52. The van der Waals surface area contributed by atoms with Crippen LogP contribution in [0, 0.1) is 6.92 Å². The van der Waals surface area contributed by atoms with Gasteiger partial charge >= 0.3 is 0 Å². The third kappa shape index (κ3) is 2.46. The van der Waals surface area contributed by atoms with Crippen molar-refractivity contribution in [1.82, 2.24) is 0 Å². The van der Waals surface area contributed by atoms with Gasteiger partial charge in [-0.1, -0.05) is 35.0 Å². The highest BCUT2D eigenvalue weighted by molar-refractivity contribution is 6.55. The van der Waals surface area contributed by atoms with E-state index >= 15 is 0 Å². The molecule has 1 nitrogen and oxygen atoms in total. The minimum atomic E-state index is -0.208. The van der Waals surface area contributed by atoms with Crippen molar-refractivity contribution in [1.29, 1.82) is 0 Å². The maximum Gasteiger partial charge on any atom is 0.0890 e. The van der Waals surface area contributed by atoms with Gasteiger partial charge in [-0.2, -0.15) is 0 Å². The number of ether oxygens (including phenoxy) is 1. The summed E-state index contributed by atoms with van der Waals surface area (Å²) in [4.78, 5) is 0. The zero-order valence-electron chi connectivity index (χ0n) is 8.83. The van der Waals surface area contributed by atoms with Crippen LogP contribution in [0.25, 0.3) is 0 Å². The molecule has 1 unspecified atom stereocenters. The fourth-order valence-electron chi connectivity index (χ4n) is 2.05. The highest BCUT2D eigenvalue weighted by Gasteiger charge is 2.15. The van der Waals surface area contributed by atoms with Crippen molar-refractivity contribution in [3.8, 4) is 0 Å². The number of hydrogen-bond donors (Lipinski definition) is 0. The van der Waals surface area contributed by atoms with E-state index < -0.39 is 0 Å². The summed E-state index contributed by atoms with van der Waals surface area (Å²) in [6.45, 7) is 3.20. The zero-order valence-corrected chi connectivity index (χ0v) is 10.2. The topological polar surface area (TPSA) is 9.23 Å². The fourth-order valence-corrected chi connectivity index (χ4v) is 4.03. The molecule has 0 aromatic heterocycles. The summed E-state index contributed by atoms with van der Waals surface area (Å²) in [5.74, 6) is 0. The molecule has 2 heteroatoms. The van der Waals surface area contributed by atoms with Gasteiger partial charge in [-0.05, 0) is 26.2 Å². The van der Waals surface area contributed by atoms with E-state index in [2.05, 4.69) is 31.2 Å². The Morgan fingerprint density at radius 2 is 2.14 bits per heavy atom. The van der Waals surface area contributed by atoms with E-state index in [9.17, 15) is 0 Å². The first kappa shape index (κ1) is 9.93. The highest BCUT2D eigenvalue weighted by Crippen LogP contribution is 2.11. The lowest BCUT2D eigenvalue weighted by atomic mass is 10.2. The van der Waals surface area contributed by atoms with E-state index in [4.69, 9.17) is 4.74 Å². The summed E-state index contributed by atoms with van der Waals surface area (Å²) >= 11 is 0. The molecule has 1 aliphatic rings. The SMILES string of the molecule is Cc1ccccc1[SiH2]C1CCCCO1. The summed E-state index contributed by atoms with van der Waals surface area (Å²) in [6.07, 6.45) is 3.92. The molecule has 1 heterocycles. The molecule has 2 rings (SSSR count). The van der Waals surface area contributed by atoms with Gasteiger partial charge in [0.1, 0.15) is 0 Å². The highest BCUT2D eigenvalue weighted by atomic mass is 28.2. The Kier molecular flexibility index (Phi) is 3.38. The molecule has 76 valence electrons. The molecule has 1 atom stereocenters. The average Bonchev–Trinajstić information content (AvgIpc) is 2.23. The molecule has 1 aromatic carbocycles. The fraction of sp³-hybridized carbons (Fsp3) is 0.500. The van der Waals surface area contributed by atoms with Gasteiger partial charge in [0.05, 0.1) is 9.52 Å². The summed E-state index contributed by atoms with van der Waals surface area (Å²) in [5.41, 5.74) is 2.05. The molecule has 0 N–H and O–H groups in total. The minimum Gasteiger partial charge on any atom is -0.382 e. The monoisotopic (exact) mass is 206 g/mol. The average molecular weight is 206 g/mol. The van der Waals surface area contributed by atoms with Crippen LogP contribution in [0.1, 0.15) is 24.8 Å². The van der Waals surface area contributed by atoms with Gasteiger partial charge in [-0.15, -0.1) is 0 Å². The van der Waals surface area contributed by atoms with Crippen LogP contribution in [0.5, 0.6) is 0 Å². The molecule has 0 aliphatic carbocycles. The molecule has 0 spiro atoms. The lowest BCUT2D eigenvalue weighted by Crippen LogP contribution is -2.34. The molecule has 0 amide bonds. The maximum atomic E-state index is 5.80. The quantitative estimate of drug-likeness (QED) is 0.663. The van der Waals surface area contributed by atoms with E-state index in [0.717, 1.165) is 6.61 Å². The normalized spacial score (nSPS) is 23.1. The van der Waals surface area contributed by atoms with Crippen LogP contribution in [0.4, 0.5) is 0 Å². The van der Waals surface area contributed by atoms with Crippen molar-refractivity contribution in [2.45, 2.75) is 31.9 Å². The van der Waals surface area contributed by atoms with E-state index in [0.29, 0.717) is 5.73 Å². The van der Waals surface area contributed by atoms with E-state index in [1.54, 1.807) is 5.19 Å². The molecule has 1 saturated heterocycles. The summed E-state index contributed by atoms with van der Waals surface area (Å²) < 4.78 is 5.80. The van der Waals surface area contributed by atoms with Gasteiger partial charge in [0.15, 0.2) is 0 Å². The maximum absolute atomic E-state index is 5.80. The first-order valence-corrected chi connectivity index (χ1v) is 7.05. The molecule has 0 bridgehead atoms. The Hall–Kier alpha value is -0.603. The van der Waals surface area contributed by atoms with Gasteiger partial charge in [0.2, 0.25) is 0 Å². The van der Waals surface area contributed by atoms with Crippen LogP contribution >= 0.6 is 0 Å². The molecule has 0 saturated carbocycles. The lowest BCUT2D eigenvalue weighted by molar-refractivity contribution is 0.0660. The molecular formula is C12H18OSi. The Morgan fingerprint density at radius 3 is 2.86 bits per heavy atom. The second-order valence-electron chi connectivity index (χ2n) is 4.12. The Morgan fingerprint density at radius 1 is 1.29 bits per heavy atom. The van der Waals surface area contributed by atoms with Crippen LogP contribution < -0.4 is 5.19 Å². The number of benzene rings is 1. The van der Waals surface area contributed by atoms with Crippen LogP contribution in [0.3, 0.4) is 0 Å². The summed E-state index contributed by atoms with van der Waals surface area (Å²) in [7, 11) is -0.208. The van der Waals surface area contributed by atoms with Crippen molar-refractivity contribution < 1.29 is 4.74 Å². The second-order valence-corrected chi connectivity index (χ2v) is 6.20. The Bertz CT molecular complexity index is 292. The molecular weight excluding hydrogens is 188 g/mol. The van der Waals surface area contributed by atoms with Gasteiger partial charge in [0, 0.05) is 12.3 Å². The van der Waals surface area contributed by atoms with Crippen LogP contribution in [-0.4, -0.2) is 21.9 Å². The first-order chi connectivity index (χ1) is 6.86. The third-order valence-electron chi connectivity index (χ3n) is 2.98. The smallest absolute Gasteiger partial charge is 0.0890 e.